The Hall–Kier alpha value is -1.22. The molecule has 1 amide bonds. The molecule has 3 atom stereocenters. The van der Waals surface area contributed by atoms with Gasteiger partial charge in [-0.2, -0.15) is 0 Å². The fraction of sp³-hybridized carbons (Fsp3) is 0.588. The summed E-state index contributed by atoms with van der Waals surface area (Å²) >= 11 is 5.94. The summed E-state index contributed by atoms with van der Waals surface area (Å²) in [5, 5.41) is 3.77. The quantitative estimate of drug-likeness (QED) is 0.918. The minimum atomic E-state index is 0.0578. The Balaban J connectivity index is 1.93. The van der Waals surface area contributed by atoms with E-state index in [-0.39, 0.29) is 5.91 Å². The Morgan fingerprint density at radius 2 is 2.10 bits per heavy atom. The summed E-state index contributed by atoms with van der Waals surface area (Å²) in [7, 11) is 1.59. The fourth-order valence-electron chi connectivity index (χ4n) is 2.99. The summed E-state index contributed by atoms with van der Waals surface area (Å²) in [6, 6.07) is 5.69. The van der Waals surface area contributed by atoms with E-state index in [9.17, 15) is 4.79 Å². The molecule has 0 radical (unpaired) electrons. The maximum atomic E-state index is 12.2. The molecule has 3 unspecified atom stereocenters. The van der Waals surface area contributed by atoms with Crippen molar-refractivity contribution in [3.05, 3.63) is 28.8 Å². The van der Waals surface area contributed by atoms with Crippen LogP contribution < -0.4 is 10.1 Å². The second-order valence-electron chi connectivity index (χ2n) is 6.17. The second kappa shape index (κ2) is 7.17. The minimum absolute atomic E-state index is 0.0578. The van der Waals surface area contributed by atoms with Gasteiger partial charge in [0.15, 0.2) is 0 Å². The molecule has 4 heteroatoms. The van der Waals surface area contributed by atoms with E-state index in [4.69, 9.17) is 16.3 Å². The first kappa shape index (κ1) is 16.2. The van der Waals surface area contributed by atoms with Crippen LogP contribution in [0.3, 0.4) is 0 Å². The molecular weight excluding hydrogens is 286 g/mol. The summed E-state index contributed by atoms with van der Waals surface area (Å²) in [4.78, 5) is 12.2. The lowest BCUT2D eigenvalue weighted by molar-refractivity contribution is -0.121. The van der Waals surface area contributed by atoms with Gasteiger partial charge in [0.25, 0.3) is 0 Å². The molecule has 116 valence electrons. The first-order valence-electron chi connectivity index (χ1n) is 7.61. The Morgan fingerprint density at radius 3 is 2.76 bits per heavy atom. The maximum Gasteiger partial charge on any atom is 0.224 e. The standard InChI is InChI=1S/C17H24ClNO2/c1-11-4-7-15(8-12(11)2)19-17(20)9-13-5-6-14(18)10-16(13)21-3/h5-6,10-12,15H,4,7-9H2,1-3H3,(H,19,20). The topological polar surface area (TPSA) is 38.3 Å². The van der Waals surface area contributed by atoms with Crippen LogP contribution in [-0.2, 0) is 11.2 Å². The van der Waals surface area contributed by atoms with E-state index in [1.54, 1.807) is 19.2 Å². The Kier molecular flexibility index (Phi) is 5.51. The van der Waals surface area contributed by atoms with Crippen molar-refractivity contribution < 1.29 is 9.53 Å². The molecule has 3 nitrogen and oxygen atoms in total. The van der Waals surface area contributed by atoms with Crippen molar-refractivity contribution in [3.8, 4) is 5.75 Å². The van der Waals surface area contributed by atoms with Crippen molar-refractivity contribution in [2.24, 2.45) is 11.8 Å². The second-order valence-corrected chi connectivity index (χ2v) is 6.60. The molecule has 21 heavy (non-hydrogen) atoms. The molecule has 1 aliphatic rings. The number of halogens is 1. The molecule has 0 heterocycles. The average molecular weight is 310 g/mol. The first-order chi connectivity index (χ1) is 9.99. The van der Waals surface area contributed by atoms with Gasteiger partial charge in [-0.1, -0.05) is 31.5 Å². The van der Waals surface area contributed by atoms with Gasteiger partial charge in [0, 0.05) is 16.6 Å². The lowest BCUT2D eigenvalue weighted by atomic mass is 9.79. The number of rotatable bonds is 4. The van der Waals surface area contributed by atoms with Gasteiger partial charge in [-0.3, -0.25) is 4.79 Å². The van der Waals surface area contributed by atoms with Gasteiger partial charge < -0.3 is 10.1 Å². The highest BCUT2D eigenvalue weighted by molar-refractivity contribution is 6.30. The number of methoxy groups -OCH3 is 1. The molecule has 0 aromatic heterocycles. The molecule has 0 aliphatic heterocycles. The van der Waals surface area contributed by atoms with Gasteiger partial charge >= 0.3 is 0 Å². The number of nitrogens with one attached hydrogen (secondary N) is 1. The van der Waals surface area contributed by atoms with E-state index in [0.717, 1.165) is 24.3 Å². The highest BCUT2D eigenvalue weighted by atomic mass is 35.5. The highest BCUT2D eigenvalue weighted by Crippen LogP contribution is 2.29. The molecule has 0 spiro atoms. The number of carbonyl (C=O) groups excluding carboxylic acids is 1. The minimum Gasteiger partial charge on any atom is -0.496 e. The third-order valence-corrected chi connectivity index (χ3v) is 4.80. The number of carbonyl (C=O) groups is 1. The van der Waals surface area contributed by atoms with Crippen molar-refractivity contribution in [1.29, 1.82) is 0 Å². The van der Waals surface area contributed by atoms with Gasteiger partial charge in [-0.25, -0.2) is 0 Å². The Morgan fingerprint density at radius 1 is 1.33 bits per heavy atom. The molecule has 2 rings (SSSR count). The summed E-state index contributed by atoms with van der Waals surface area (Å²) in [6.45, 7) is 4.56. The first-order valence-corrected chi connectivity index (χ1v) is 7.99. The van der Waals surface area contributed by atoms with E-state index in [1.165, 1.54) is 6.42 Å². The normalized spacial score (nSPS) is 25.4. The number of hydrogen-bond donors (Lipinski definition) is 1. The van der Waals surface area contributed by atoms with Crippen LogP contribution in [0.5, 0.6) is 5.75 Å². The van der Waals surface area contributed by atoms with Crippen LogP contribution in [-0.4, -0.2) is 19.1 Å². The van der Waals surface area contributed by atoms with Crippen molar-refractivity contribution in [2.75, 3.05) is 7.11 Å². The van der Waals surface area contributed by atoms with Crippen LogP contribution in [0.1, 0.15) is 38.7 Å². The van der Waals surface area contributed by atoms with E-state index < -0.39 is 0 Å². The van der Waals surface area contributed by atoms with E-state index in [2.05, 4.69) is 19.2 Å². The zero-order chi connectivity index (χ0) is 15.4. The largest absolute Gasteiger partial charge is 0.496 e. The van der Waals surface area contributed by atoms with Gasteiger partial charge in [0.05, 0.1) is 13.5 Å². The molecule has 0 bridgehead atoms. The van der Waals surface area contributed by atoms with E-state index >= 15 is 0 Å². The third-order valence-electron chi connectivity index (χ3n) is 4.56. The molecular formula is C17H24ClNO2. The number of ether oxygens (including phenoxy) is 1. The molecule has 0 saturated heterocycles. The molecule has 1 fully saturated rings. The van der Waals surface area contributed by atoms with Crippen molar-refractivity contribution >= 4 is 17.5 Å². The Bertz CT molecular complexity index is 504. The molecule has 1 N–H and O–H groups in total. The van der Waals surface area contributed by atoms with Gasteiger partial charge in [-0.05, 0) is 43.2 Å². The van der Waals surface area contributed by atoms with Crippen LogP contribution >= 0.6 is 11.6 Å². The Labute approximate surface area is 132 Å². The molecule has 1 saturated carbocycles. The summed E-state index contributed by atoms with van der Waals surface area (Å²) in [6.07, 6.45) is 3.68. The van der Waals surface area contributed by atoms with Crippen LogP contribution in [0.15, 0.2) is 18.2 Å². The van der Waals surface area contributed by atoms with Crippen molar-refractivity contribution in [3.63, 3.8) is 0 Å². The van der Waals surface area contributed by atoms with E-state index in [1.807, 2.05) is 6.07 Å². The number of benzene rings is 1. The zero-order valence-electron chi connectivity index (χ0n) is 13.0. The maximum absolute atomic E-state index is 12.2. The van der Waals surface area contributed by atoms with Crippen LogP contribution in [0.2, 0.25) is 5.02 Å². The molecule has 1 aromatic carbocycles. The monoisotopic (exact) mass is 309 g/mol. The molecule has 1 aliphatic carbocycles. The van der Waals surface area contributed by atoms with Crippen molar-refractivity contribution in [2.45, 2.75) is 45.6 Å². The summed E-state index contributed by atoms with van der Waals surface area (Å²) < 4.78 is 5.28. The summed E-state index contributed by atoms with van der Waals surface area (Å²) in [5.74, 6) is 2.16. The van der Waals surface area contributed by atoms with Gasteiger partial charge in [0.2, 0.25) is 5.91 Å². The summed E-state index contributed by atoms with van der Waals surface area (Å²) in [5.41, 5.74) is 0.872. The fourth-order valence-corrected chi connectivity index (χ4v) is 3.16. The SMILES string of the molecule is COc1cc(Cl)ccc1CC(=O)NC1CCC(C)C(C)C1. The molecule has 1 aromatic rings. The van der Waals surface area contributed by atoms with Crippen LogP contribution in [0.25, 0.3) is 0 Å². The lowest BCUT2D eigenvalue weighted by Gasteiger charge is -2.32. The van der Waals surface area contributed by atoms with Gasteiger partial charge in [-0.15, -0.1) is 0 Å². The lowest BCUT2D eigenvalue weighted by Crippen LogP contribution is -2.40. The number of amides is 1. The zero-order valence-corrected chi connectivity index (χ0v) is 13.7. The van der Waals surface area contributed by atoms with Crippen LogP contribution in [0.4, 0.5) is 0 Å². The smallest absolute Gasteiger partial charge is 0.224 e. The predicted octanol–water partition coefficient (Wildman–Crippen LogP) is 3.83. The van der Waals surface area contributed by atoms with E-state index in [0.29, 0.717) is 29.2 Å². The van der Waals surface area contributed by atoms with Crippen molar-refractivity contribution in [1.82, 2.24) is 5.32 Å². The average Bonchev–Trinajstić information content (AvgIpc) is 2.44. The predicted molar refractivity (Wildman–Crippen MR) is 85.8 cm³/mol. The third kappa shape index (κ3) is 4.37. The van der Waals surface area contributed by atoms with Gasteiger partial charge in [0.1, 0.15) is 5.75 Å². The highest BCUT2D eigenvalue weighted by Gasteiger charge is 2.25. The van der Waals surface area contributed by atoms with Crippen LogP contribution in [0, 0.1) is 11.8 Å². The number of hydrogen-bond acceptors (Lipinski definition) is 2.